The van der Waals surface area contributed by atoms with Gasteiger partial charge < -0.3 is 0 Å². The quantitative estimate of drug-likeness (QED) is 0.537. The molecule has 17 heavy (non-hydrogen) atoms. The van der Waals surface area contributed by atoms with Gasteiger partial charge in [-0.15, -0.1) is 0 Å². The normalized spacial score (nSPS) is 22.4. The number of nitrogens with zero attached hydrogens (tertiary/aromatic N) is 1. The maximum absolute atomic E-state index is 13.9. The minimum Gasteiger partial charge on any atom is -0.204 e. The van der Waals surface area contributed by atoms with Crippen molar-refractivity contribution in [2.75, 3.05) is 0 Å². The van der Waals surface area contributed by atoms with E-state index < -0.39 is 5.82 Å². The van der Waals surface area contributed by atoms with Gasteiger partial charge in [0.2, 0.25) is 0 Å². The van der Waals surface area contributed by atoms with E-state index in [1.54, 1.807) is 0 Å². The molecule has 1 nitrogen and oxygen atoms in total. The summed E-state index contributed by atoms with van der Waals surface area (Å²) >= 11 is 7.97. The third-order valence-electron chi connectivity index (χ3n) is 3.84. The second kappa shape index (κ2) is 4.10. The highest BCUT2D eigenvalue weighted by atomic mass is 127. The monoisotopic (exact) mass is 361 g/mol. The highest BCUT2D eigenvalue weighted by Crippen LogP contribution is 2.52. The standard InChI is InChI=1S/C13H10ClFIN/c14-11-8-4-3-7(6-1-2-6)10(8)9(5-17)13(16)12(11)15/h6-7H,1-4H2. The van der Waals surface area contributed by atoms with Crippen molar-refractivity contribution in [3.63, 3.8) is 0 Å². The van der Waals surface area contributed by atoms with Crippen molar-refractivity contribution in [3.8, 4) is 6.07 Å². The van der Waals surface area contributed by atoms with Gasteiger partial charge in [0.15, 0.2) is 5.82 Å². The lowest BCUT2D eigenvalue weighted by atomic mass is 9.92. The summed E-state index contributed by atoms with van der Waals surface area (Å²) in [6.45, 7) is 0. The average molecular weight is 362 g/mol. The molecule has 1 atom stereocenters. The minimum atomic E-state index is -0.418. The number of fused-ring (bicyclic) bond motifs is 1. The largest absolute Gasteiger partial charge is 0.204 e. The molecule has 1 aromatic carbocycles. The van der Waals surface area contributed by atoms with Gasteiger partial charge in [-0.3, -0.25) is 0 Å². The van der Waals surface area contributed by atoms with Crippen LogP contribution in [0.5, 0.6) is 0 Å². The molecular weight excluding hydrogens is 352 g/mol. The maximum atomic E-state index is 13.9. The van der Waals surface area contributed by atoms with Gasteiger partial charge in [0.1, 0.15) is 6.07 Å². The van der Waals surface area contributed by atoms with Crippen LogP contribution in [0.3, 0.4) is 0 Å². The number of hydrogen-bond acceptors (Lipinski definition) is 1. The molecule has 0 amide bonds. The molecule has 0 radical (unpaired) electrons. The topological polar surface area (TPSA) is 23.8 Å². The van der Waals surface area contributed by atoms with Gasteiger partial charge in [-0.2, -0.15) is 5.26 Å². The summed E-state index contributed by atoms with van der Waals surface area (Å²) in [7, 11) is 0. The summed E-state index contributed by atoms with van der Waals surface area (Å²) in [6, 6.07) is 2.17. The van der Waals surface area contributed by atoms with E-state index in [0.29, 0.717) is 21.0 Å². The van der Waals surface area contributed by atoms with E-state index in [1.807, 2.05) is 22.6 Å². The molecule has 0 N–H and O–H groups in total. The molecule has 1 fully saturated rings. The Labute approximate surface area is 118 Å². The summed E-state index contributed by atoms with van der Waals surface area (Å²) in [5, 5.41) is 9.50. The summed E-state index contributed by atoms with van der Waals surface area (Å²) in [4.78, 5) is 0. The van der Waals surface area contributed by atoms with Gasteiger partial charge in [0.05, 0.1) is 14.2 Å². The summed E-state index contributed by atoms with van der Waals surface area (Å²) < 4.78 is 14.3. The van der Waals surface area contributed by atoms with Gasteiger partial charge in [0.25, 0.3) is 0 Å². The molecule has 1 unspecified atom stereocenters. The van der Waals surface area contributed by atoms with E-state index in [4.69, 9.17) is 11.6 Å². The Morgan fingerprint density at radius 2 is 2.06 bits per heavy atom. The van der Waals surface area contributed by atoms with Crippen molar-refractivity contribution in [1.29, 1.82) is 5.26 Å². The fourth-order valence-electron chi connectivity index (χ4n) is 2.90. The van der Waals surface area contributed by atoms with Crippen LogP contribution in [0.2, 0.25) is 5.02 Å². The highest BCUT2D eigenvalue weighted by Gasteiger charge is 2.40. The van der Waals surface area contributed by atoms with Gasteiger partial charge in [-0.1, -0.05) is 11.6 Å². The zero-order valence-corrected chi connectivity index (χ0v) is 12.0. The minimum absolute atomic E-state index is 0.242. The van der Waals surface area contributed by atoms with Gasteiger partial charge >= 0.3 is 0 Å². The molecule has 0 aliphatic heterocycles. The van der Waals surface area contributed by atoms with Crippen molar-refractivity contribution in [3.05, 3.63) is 31.1 Å². The molecular formula is C13H10ClFIN. The van der Waals surface area contributed by atoms with Gasteiger partial charge in [-0.05, 0) is 71.2 Å². The Morgan fingerprint density at radius 1 is 1.35 bits per heavy atom. The molecule has 2 aliphatic rings. The first-order valence-corrected chi connectivity index (χ1v) is 7.20. The number of halogens is 3. The molecule has 2 aliphatic carbocycles. The van der Waals surface area contributed by atoms with Crippen molar-refractivity contribution >= 4 is 34.2 Å². The molecule has 0 bridgehead atoms. The van der Waals surface area contributed by atoms with Crippen LogP contribution in [0.1, 0.15) is 41.9 Å². The average Bonchev–Trinajstić information content (AvgIpc) is 3.08. The van der Waals surface area contributed by atoms with E-state index >= 15 is 0 Å². The Balaban J connectivity index is 2.26. The Kier molecular flexibility index (Phi) is 2.83. The Morgan fingerprint density at radius 3 is 2.65 bits per heavy atom. The van der Waals surface area contributed by atoms with Gasteiger partial charge in [-0.25, -0.2) is 4.39 Å². The van der Waals surface area contributed by atoms with Crippen LogP contribution in [0.15, 0.2) is 0 Å². The lowest BCUT2D eigenvalue weighted by molar-refractivity contribution is 0.597. The zero-order valence-electron chi connectivity index (χ0n) is 9.06. The van der Waals surface area contributed by atoms with Crippen LogP contribution in [0, 0.1) is 26.6 Å². The summed E-state index contributed by atoms with van der Waals surface area (Å²) in [5.41, 5.74) is 2.46. The summed E-state index contributed by atoms with van der Waals surface area (Å²) in [6.07, 6.45) is 4.31. The second-order valence-corrected chi connectivity index (χ2v) is 6.26. The first-order valence-electron chi connectivity index (χ1n) is 5.74. The SMILES string of the molecule is N#Cc1c(I)c(F)c(Cl)c2c1C(C1CC1)CC2. The molecule has 0 spiro atoms. The van der Waals surface area contributed by atoms with E-state index in [9.17, 15) is 9.65 Å². The maximum Gasteiger partial charge on any atom is 0.156 e. The lowest BCUT2D eigenvalue weighted by Gasteiger charge is -2.14. The predicted octanol–water partition coefficient (Wildman–Crippen LogP) is 4.40. The van der Waals surface area contributed by atoms with Crippen LogP contribution in [0.4, 0.5) is 4.39 Å². The van der Waals surface area contributed by atoms with E-state index in [2.05, 4.69) is 6.07 Å². The number of nitriles is 1. The van der Waals surface area contributed by atoms with E-state index in [0.717, 1.165) is 24.0 Å². The molecule has 0 saturated heterocycles. The van der Waals surface area contributed by atoms with Crippen molar-refractivity contribution in [2.45, 2.75) is 31.6 Å². The highest BCUT2D eigenvalue weighted by molar-refractivity contribution is 14.1. The lowest BCUT2D eigenvalue weighted by Crippen LogP contribution is -2.04. The summed E-state index contributed by atoms with van der Waals surface area (Å²) in [5.74, 6) is 0.714. The van der Waals surface area contributed by atoms with Crippen molar-refractivity contribution in [2.24, 2.45) is 5.92 Å². The number of rotatable bonds is 1. The molecule has 0 aromatic heterocycles. The van der Waals surface area contributed by atoms with Crippen LogP contribution in [0.25, 0.3) is 0 Å². The van der Waals surface area contributed by atoms with Crippen LogP contribution in [-0.2, 0) is 6.42 Å². The van der Waals surface area contributed by atoms with E-state index in [1.165, 1.54) is 12.8 Å². The molecule has 1 saturated carbocycles. The molecule has 3 rings (SSSR count). The molecule has 1 aromatic rings. The Hall–Kier alpha value is -0.340. The third-order valence-corrected chi connectivity index (χ3v) is 5.25. The smallest absolute Gasteiger partial charge is 0.156 e. The first-order chi connectivity index (χ1) is 8.15. The first kappa shape index (κ1) is 11.7. The fourth-order valence-corrected chi connectivity index (χ4v) is 4.03. The van der Waals surface area contributed by atoms with Crippen LogP contribution < -0.4 is 0 Å². The van der Waals surface area contributed by atoms with Crippen molar-refractivity contribution in [1.82, 2.24) is 0 Å². The van der Waals surface area contributed by atoms with Crippen molar-refractivity contribution < 1.29 is 4.39 Å². The molecule has 88 valence electrons. The van der Waals surface area contributed by atoms with Crippen LogP contribution in [-0.4, -0.2) is 0 Å². The second-order valence-electron chi connectivity index (χ2n) is 4.80. The molecule has 0 heterocycles. The van der Waals surface area contributed by atoms with Crippen LogP contribution >= 0.6 is 34.2 Å². The zero-order chi connectivity index (χ0) is 12.2. The number of benzene rings is 1. The fraction of sp³-hybridized carbons (Fsp3) is 0.462. The van der Waals surface area contributed by atoms with E-state index in [-0.39, 0.29) is 5.02 Å². The third kappa shape index (κ3) is 1.68. The number of hydrogen-bond donors (Lipinski definition) is 0. The molecule has 4 heteroatoms. The Bertz CT molecular complexity index is 546. The predicted molar refractivity (Wildman–Crippen MR) is 72.6 cm³/mol. The van der Waals surface area contributed by atoms with Gasteiger partial charge in [0, 0.05) is 0 Å².